The van der Waals surface area contributed by atoms with Crippen molar-refractivity contribution in [3.63, 3.8) is 0 Å². The van der Waals surface area contributed by atoms with E-state index in [2.05, 4.69) is 10.6 Å². The van der Waals surface area contributed by atoms with Crippen LogP contribution >= 0.6 is 0 Å². The van der Waals surface area contributed by atoms with Crippen LogP contribution in [0.2, 0.25) is 0 Å². The lowest BCUT2D eigenvalue weighted by Gasteiger charge is -2.12. The van der Waals surface area contributed by atoms with Crippen LogP contribution in [0.4, 0.5) is 5.69 Å². The first-order valence-corrected chi connectivity index (χ1v) is 8.00. The van der Waals surface area contributed by atoms with Gasteiger partial charge in [0.25, 0.3) is 11.8 Å². The van der Waals surface area contributed by atoms with Crippen molar-refractivity contribution in [3.05, 3.63) is 53.6 Å². The fourth-order valence-electron chi connectivity index (χ4n) is 2.34. The summed E-state index contributed by atoms with van der Waals surface area (Å²) in [5.74, 6) is -1.03. The Hall–Kier alpha value is -3.55. The lowest BCUT2D eigenvalue weighted by atomic mass is 10.2. The van der Waals surface area contributed by atoms with E-state index in [9.17, 15) is 14.4 Å². The van der Waals surface area contributed by atoms with Gasteiger partial charge in [0.05, 0.1) is 14.2 Å². The summed E-state index contributed by atoms with van der Waals surface area (Å²) in [6.45, 7) is -0.510. The lowest BCUT2D eigenvalue weighted by molar-refractivity contribution is -0.119. The van der Waals surface area contributed by atoms with Gasteiger partial charge in [-0.15, -0.1) is 0 Å². The molecule has 27 heavy (non-hydrogen) atoms. The van der Waals surface area contributed by atoms with Gasteiger partial charge in [-0.25, -0.2) is 4.79 Å². The summed E-state index contributed by atoms with van der Waals surface area (Å²) < 4.78 is 15.3. The monoisotopic (exact) mass is 372 g/mol. The van der Waals surface area contributed by atoms with Gasteiger partial charge in [0, 0.05) is 18.3 Å². The van der Waals surface area contributed by atoms with E-state index in [1.54, 1.807) is 36.4 Å². The van der Waals surface area contributed by atoms with Crippen LogP contribution in [0.1, 0.15) is 20.7 Å². The average Bonchev–Trinajstić information content (AvgIpc) is 2.70. The number of anilines is 1. The Balaban J connectivity index is 2.02. The SMILES string of the molecule is CNC(=O)c1cccc(NC(=O)COC(=O)c2c(OC)cccc2OC)c1. The zero-order valence-electron chi connectivity index (χ0n) is 15.2. The van der Waals surface area contributed by atoms with Gasteiger partial charge >= 0.3 is 5.97 Å². The number of rotatable bonds is 7. The minimum Gasteiger partial charge on any atom is -0.496 e. The molecule has 0 aromatic heterocycles. The van der Waals surface area contributed by atoms with Crippen molar-refractivity contribution in [1.82, 2.24) is 5.32 Å². The van der Waals surface area contributed by atoms with E-state index in [4.69, 9.17) is 14.2 Å². The zero-order chi connectivity index (χ0) is 19.8. The minimum absolute atomic E-state index is 0.0944. The summed E-state index contributed by atoms with van der Waals surface area (Å²) in [5.41, 5.74) is 0.898. The molecule has 0 spiro atoms. The van der Waals surface area contributed by atoms with Crippen LogP contribution < -0.4 is 20.1 Å². The molecule has 0 radical (unpaired) electrons. The number of amides is 2. The number of ether oxygens (including phenoxy) is 3. The number of methoxy groups -OCH3 is 2. The molecule has 0 aliphatic carbocycles. The van der Waals surface area contributed by atoms with E-state index in [-0.39, 0.29) is 23.0 Å². The van der Waals surface area contributed by atoms with Gasteiger partial charge in [-0.1, -0.05) is 12.1 Å². The molecule has 0 unspecified atom stereocenters. The van der Waals surface area contributed by atoms with Crippen molar-refractivity contribution in [3.8, 4) is 11.5 Å². The van der Waals surface area contributed by atoms with Crippen molar-refractivity contribution in [2.45, 2.75) is 0 Å². The number of carbonyl (C=O) groups is 3. The third-order valence-corrected chi connectivity index (χ3v) is 3.60. The Labute approximate surface area is 156 Å². The van der Waals surface area contributed by atoms with E-state index in [1.807, 2.05) is 0 Å². The molecular weight excluding hydrogens is 352 g/mol. The predicted molar refractivity (Wildman–Crippen MR) is 98.3 cm³/mol. The Morgan fingerprint density at radius 2 is 1.59 bits per heavy atom. The van der Waals surface area contributed by atoms with Gasteiger partial charge < -0.3 is 24.8 Å². The fourth-order valence-corrected chi connectivity index (χ4v) is 2.34. The van der Waals surface area contributed by atoms with Crippen LogP contribution in [0, 0.1) is 0 Å². The predicted octanol–water partition coefficient (Wildman–Crippen LogP) is 1.86. The number of esters is 1. The summed E-state index contributed by atoms with van der Waals surface area (Å²) in [5, 5.41) is 5.06. The Bertz CT molecular complexity index is 828. The molecule has 0 aliphatic rings. The van der Waals surface area contributed by atoms with Crippen LogP contribution in [0.15, 0.2) is 42.5 Å². The topological polar surface area (TPSA) is 103 Å². The molecular formula is C19H20N2O6. The smallest absolute Gasteiger partial charge is 0.346 e. The van der Waals surface area contributed by atoms with Crippen molar-refractivity contribution >= 4 is 23.5 Å². The molecule has 2 aromatic carbocycles. The third-order valence-electron chi connectivity index (χ3n) is 3.60. The molecule has 8 nitrogen and oxygen atoms in total. The molecule has 142 valence electrons. The largest absolute Gasteiger partial charge is 0.496 e. The molecule has 0 saturated heterocycles. The molecule has 2 aromatic rings. The molecule has 2 amide bonds. The highest BCUT2D eigenvalue weighted by Crippen LogP contribution is 2.28. The van der Waals surface area contributed by atoms with E-state index in [1.165, 1.54) is 27.3 Å². The van der Waals surface area contributed by atoms with Crippen LogP contribution in [-0.4, -0.2) is 45.7 Å². The highest BCUT2D eigenvalue weighted by molar-refractivity contribution is 5.99. The van der Waals surface area contributed by atoms with Crippen LogP contribution in [-0.2, 0) is 9.53 Å². The van der Waals surface area contributed by atoms with E-state index in [0.717, 1.165) is 0 Å². The van der Waals surface area contributed by atoms with Gasteiger partial charge in [-0.05, 0) is 30.3 Å². The molecule has 0 bridgehead atoms. The average molecular weight is 372 g/mol. The number of nitrogens with one attached hydrogen (secondary N) is 2. The number of hydrogen-bond acceptors (Lipinski definition) is 6. The van der Waals surface area contributed by atoms with Crippen LogP contribution in [0.25, 0.3) is 0 Å². The first-order chi connectivity index (χ1) is 13.0. The molecule has 2 N–H and O–H groups in total. The van der Waals surface area contributed by atoms with E-state index >= 15 is 0 Å². The van der Waals surface area contributed by atoms with E-state index in [0.29, 0.717) is 11.3 Å². The highest BCUT2D eigenvalue weighted by atomic mass is 16.5. The van der Waals surface area contributed by atoms with Crippen molar-refractivity contribution < 1.29 is 28.6 Å². The second-order valence-electron chi connectivity index (χ2n) is 5.32. The summed E-state index contributed by atoms with van der Waals surface area (Å²) in [6.07, 6.45) is 0. The summed E-state index contributed by atoms with van der Waals surface area (Å²) >= 11 is 0. The number of hydrogen-bond donors (Lipinski definition) is 2. The van der Waals surface area contributed by atoms with Crippen LogP contribution in [0.3, 0.4) is 0 Å². The van der Waals surface area contributed by atoms with Crippen LogP contribution in [0.5, 0.6) is 11.5 Å². The first-order valence-electron chi connectivity index (χ1n) is 8.00. The summed E-state index contributed by atoms with van der Waals surface area (Å²) in [6, 6.07) is 11.2. The van der Waals surface area contributed by atoms with Gasteiger partial charge in [0.1, 0.15) is 17.1 Å². The molecule has 0 atom stereocenters. The molecule has 8 heteroatoms. The van der Waals surface area contributed by atoms with E-state index < -0.39 is 18.5 Å². The summed E-state index contributed by atoms with van der Waals surface area (Å²) in [7, 11) is 4.34. The quantitative estimate of drug-likeness (QED) is 0.719. The molecule has 2 rings (SSSR count). The maximum atomic E-state index is 12.3. The normalized spacial score (nSPS) is 9.89. The molecule has 0 fully saturated rings. The standard InChI is InChI=1S/C19H20N2O6/c1-20-18(23)12-6-4-7-13(10-12)21-16(22)11-27-19(24)17-14(25-2)8-5-9-15(17)26-3/h4-10H,11H2,1-3H3,(H,20,23)(H,21,22). The highest BCUT2D eigenvalue weighted by Gasteiger charge is 2.20. The zero-order valence-corrected chi connectivity index (χ0v) is 15.2. The maximum absolute atomic E-state index is 12.3. The Morgan fingerprint density at radius 3 is 2.19 bits per heavy atom. The third kappa shape index (κ3) is 4.97. The summed E-state index contributed by atoms with van der Waals surface area (Å²) in [4.78, 5) is 36.0. The number of benzene rings is 2. The van der Waals surface area contributed by atoms with Crippen molar-refractivity contribution in [1.29, 1.82) is 0 Å². The Kier molecular flexibility index (Phi) is 6.76. The minimum atomic E-state index is -0.751. The second-order valence-corrected chi connectivity index (χ2v) is 5.32. The second kappa shape index (κ2) is 9.23. The number of carbonyl (C=O) groups excluding carboxylic acids is 3. The maximum Gasteiger partial charge on any atom is 0.346 e. The first kappa shape index (κ1) is 19.8. The van der Waals surface area contributed by atoms with Gasteiger partial charge in [-0.3, -0.25) is 9.59 Å². The molecule has 0 heterocycles. The lowest BCUT2D eigenvalue weighted by Crippen LogP contribution is -2.22. The van der Waals surface area contributed by atoms with Gasteiger partial charge in [0.2, 0.25) is 0 Å². The van der Waals surface area contributed by atoms with Crippen molar-refractivity contribution in [2.24, 2.45) is 0 Å². The Morgan fingerprint density at radius 1 is 0.963 bits per heavy atom. The van der Waals surface area contributed by atoms with Crippen molar-refractivity contribution in [2.75, 3.05) is 33.2 Å². The van der Waals surface area contributed by atoms with Gasteiger partial charge in [-0.2, -0.15) is 0 Å². The molecule has 0 saturated carbocycles. The fraction of sp³-hybridized carbons (Fsp3) is 0.211. The van der Waals surface area contributed by atoms with Gasteiger partial charge in [0.15, 0.2) is 6.61 Å². The molecule has 0 aliphatic heterocycles.